The van der Waals surface area contributed by atoms with E-state index in [4.69, 9.17) is 19.4 Å². The lowest BCUT2D eigenvalue weighted by Gasteiger charge is -2.32. The van der Waals surface area contributed by atoms with Gasteiger partial charge in [0.25, 0.3) is 0 Å². The number of fused-ring (bicyclic) bond motifs is 1. The number of Topliss-reactive ketones (excluding diaryl/α,β-unsaturated/α-hetero) is 1. The molecule has 2 aliphatic rings. The number of ketones is 1. The number of likely N-dealkylation sites (tertiary alicyclic amines) is 1. The van der Waals surface area contributed by atoms with Crippen LogP contribution in [0.15, 0.2) is 54.6 Å². The maximum atomic E-state index is 14.5. The second-order valence-corrected chi connectivity index (χ2v) is 11.3. The average molecular weight is 587 g/mol. The number of pyridine rings is 1. The Kier molecular flexibility index (Phi) is 8.49. The van der Waals surface area contributed by atoms with E-state index in [1.54, 1.807) is 43.3 Å². The number of rotatable bonds is 11. The zero-order valence-electron chi connectivity index (χ0n) is 24.2. The molecule has 2 fully saturated rings. The summed E-state index contributed by atoms with van der Waals surface area (Å²) in [6.45, 7) is 5.61. The van der Waals surface area contributed by atoms with Crippen LogP contribution in [-0.4, -0.2) is 62.1 Å². The maximum Gasteiger partial charge on any atom is 0.335 e. The van der Waals surface area contributed by atoms with Gasteiger partial charge in [0, 0.05) is 41.8 Å². The standard InChI is InChI=1S/C33H35FN4O5/c1-2-30(39)22-6-7-24(26(34)16-22)20-43-32-5-3-4-27(36-32)21-10-13-37(14-11-21)19-31-35-28-9-8-23(33(40)41)17-29(28)38(31)18-25-12-15-42-25/h3-9,16-17,21,25H,2,10-15,18-20H2,1H3,(H,40,41)/t25-/m0/s1. The van der Waals surface area contributed by atoms with E-state index in [0.717, 1.165) is 61.5 Å². The first-order valence-corrected chi connectivity index (χ1v) is 14.9. The van der Waals surface area contributed by atoms with E-state index in [1.165, 1.54) is 6.07 Å². The number of carbonyl (C=O) groups is 2. The molecule has 0 saturated carbocycles. The lowest BCUT2D eigenvalue weighted by Crippen LogP contribution is -2.35. The van der Waals surface area contributed by atoms with E-state index >= 15 is 0 Å². The van der Waals surface area contributed by atoms with Crippen molar-refractivity contribution in [1.29, 1.82) is 0 Å². The summed E-state index contributed by atoms with van der Waals surface area (Å²) >= 11 is 0. The molecule has 10 heteroatoms. The zero-order valence-corrected chi connectivity index (χ0v) is 24.2. The second kappa shape index (κ2) is 12.6. The van der Waals surface area contributed by atoms with Crippen molar-refractivity contribution >= 4 is 22.8 Å². The number of imidazole rings is 1. The van der Waals surface area contributed by atoms with Gasteiger partial charge in [0.2, 0.25) is 5.88 Å². The van der Waals surface area contributed by atoms with Crippen molar-refractivity contribution in [3.63, 3.8) is 0 Å². The number of hydrogen-bond donors (Lipinski definition) is 1. The van der Waals surface area contributed by atoms with E-state index < -0.39 is 11.8 Å². The normalized spacial score (nSPS) is 17.6. The molecule has 4 heterocycles. The topological polar surface area (TPSA) is 107 Å². The highest BCUT2D eigenvalue weighted by molar-refractivity contribution is 5.95. The van der Waals surface area contributed by atoms with Gasteiger partial charge >= 0.3 is 5.97 Å². The van der Waals surface area contributed by atoms with Gasteiger partial charge in [0.15, 0.2) is 5.78 Å². The Hall–Kier alpha value is -4.15. The summed E-state index contributed by atoms with van der Waals surface area (Å²) in [6.07, 6.45) is 3.29. The number of carboxylic acid groups (broad SMARTS) is 1. The van der Waals surface area contributed by atoms with E-state index in [0.29, 0.717) is 36.5 Å². The molecule has 0 aliphatic carbocycles. The average Bonchev–Trinajstić information content (AvgIpc) is 3.34. The van der Waals surface area contributed by atoms with Crippen molar-refractivity contribution in [2.24, 2.45) is 0 Å². The molecule has 6 rings (SSSR count). The molecule has 0 radical (unpaired) electrons. The number of nitrogens with zero attached hydrogens (tertiary/aromatic N) is 4. The van der Waals surface area contributed by atoms with Crippen LogP contribution in [0.4, 0.5) is 4.39 Å². The minimum atomic E-state index is -0.952. The Morgan fingerprint density at radius 2 is 1.84 bits per heavy atom. The Morgan fingerprint density at radius 3 is 2.53 bits per heavy atom. The fourth-order valence-corrected chi connectivity index (χ4v) is 5.78. The SMILES string of the molecule is CCC(=O)c1ccc(COc2cccc(C3CCN(Cc4nc5ccc(C(=O)O)cc5n4C[C@@H]4CCO4)CC3)n2)c(F)c1. The monoisotopic (exact) mass is 586 g/mol. The molecule has 0 bridgehead atoms. The fraction of sp³-hybridized carbons (Fsp3) is 0.394. The number of hydrogen-bond acceptors (Lipinski definition) is 7. The highest BCUT2D eigenvalue weighted by Gasteiger charge is 2.26. The molecule has 43 heavy (non-hydrogen) atoms. The summed E-state index contributed by atoms with van der Waals surface area (Å²) in [7, 11) is 0. The van der Waals surface area contributed by atoms with Gasteiger partial charge in [-0.25, -0.2) is 19.2 Å². The van der Waals surface area contributed by atoms with Crippen LogP contribution in [0.5, 0.6) is 5.88 Å². The van der Waals surface area contributed by atoms with E-state index in [2.05, 4.69) is 9.47 Å². The van der Waals surface area contributed by atoms with E-state index in [-0.39, 0.29) is 30.0 Å². The highest BCUT2D eigenvalue weighted by Crippen LogP contribution is 2.30. The van der Waals surface area contributed by atoms with Gasteiger partial charge in [0.1, 0.15) is 18.2 Å². The first-order valence-electron chi connectivity index (χ1n) is 14.9. The molecule has 2 aromatic carbocycles. The molecule has 1 atom stereocenters. The smallest absolute Gasteiger partial charge is 0.335 e. The molecule has 0 spiro atoms. The lowest BCUT2D eigenvalue weighted by atomic mass is 9.93. The molecular weight excluding hydrogens is 551 g/mol. The van der Waals surface area contributed by atoms with Gasteiger partial charge in [-0.1, -0.05) is 25.1 Å². The summed E-state index contributed by atoms with van der Waals surface area (Å²) in [5.41, 5.74) is 3.57. The summed E-state index contributed by atoms with van der Waals surface area (Å²) in [5, 5.41) is 9.50. The van der Waals surface area contributed by atoms with Gasteiger partial charge in [0.05, 0.1) is 35.8 Å². The second-order valence-electron chi connectivity index (χ2n) is 11.3. The maximum absolute atomic E-state index is 14.5. The number of halogens is 1. The van der Waals surface area contributed by atoms with Crippen molar-refractivity contribution < 1.29 is 28.6 Å². The predicted molar refractivity (Wildman–Crippen MR) is 158 cm³/mol. The Morgan fingerprint density at radius 1 is 1.05 bits per heavy atom. The van der Waals surface area contributed by atoms with Crippen LogP contribution in [0.3, 0.4) is 0 Å². The van der Waals surface area contributed by atoms with Crippen molar-refractivity contribution in [2.75, 3.05) is 19.7 Å². The van der Waals surface area contributed by atoms with E-state index in [9.17, 15) is 19.1 Å². The van der Waals surface area contributed by atoms with Crippen LogP contribution < -0.4 is 4.74 Å². The molecule has 1 N–H and O–H groups in total. The number of aromatic nitrogens is 3. The Bertz CT molecular complexity index is 1640. The third-order valence-corrected chi connectivity index (χ3v) is 8.44. The van der Waals surface area contributed by atoms with Gasteiger partial charge < -0.3 is 19.1 Å². The first kappa shape index (κ1) is 28.9. The largest absolute Gasteiger partial charge is 0.478 e. The molecule has 9 nitrogen and oxygen atoms in total. The number of piperidine rings is 1. The summed E-state index contributed by atoms with van der Waals surface area (Å²) in [4.78, 5) is 35.4. The number of carboxylic acids is 1. The van der Waals surface area contributed by atoms with Crippen molar-refractivity contribution in [3.05, 3.63) is 88.6 Å². The first-order chi connectivity index (χ1) is 20.9. The van der Waals surface area contributed by atoms with Crippen LogP contribution in [0, 0.1) is 5.82 Å². The number of benzene rings is 2. The molecule has 2 aromatic heterocycles. The molecule has 4 aromatic rings. The van der Waals surface area contributed by atoms with Crippen LogP contribution >= 0.6 is 0 Å². The lowest BCUT2D eigenvalue weighted by molar-refractivity contribution is -0.0592. The minimum absolute atomic E-state index is 0.0299. The van der Waals surface area contributed by atoms with Crippen molar-refractivity contribution in [1.82, 2.24) is 19.4 Å². The van der Waals surface area contributed by atoms with E-state index in [1.807, 2.05) is 12.1 Å². The molecule has 0 unspecified atom stereocenters. The quantitative estimate of drug-likeness (QED) is 0.226. The van der Waals surface area contributed by atoms with Crippen molar-refractivity contribution in [3.8, 4) is 5.88 Å². The highest BCUT2D eigenvalue weighted by atomic mass is 19.1. The van der Waals surface area contributed by atoms with Gasteiger partial charge in [-0.05, 0) is 62.7 Å². The van der Waals surface area contributed by atoms with Gasteiger partial charge in [-0.15, -0.1) is 0 Å². The minimum Gasteiger partial charge on any atom is -0.478 e. The molecule has 224 valence electrons. The van der Waals surface area contributed by atoms with Crippen LogP contribution in [0.2, 0.25) is 0 Å². The number of aromatic carboxylic acids is 1. The summed E-state index contributed by atoms with van der Waals surface area (Å²) in [5.74, 6) is 0.130. The van der Waals surface area contributed by atoms with Gasteiger partial charge in [-0.3, -0.25) is 9.69 Å². The summed E-state index contributed by atoms with van der Waals surface area (Å²) < 4.78 is 28.2. The van der Waals surface area contributed by atoms with Crippen LogP contribution in [0.25, 0.3) is 11.0 Å². The zero-order chi connectivity index (χ0) is 29.9. The van der Waals surface area contributed by atoms with Crippen LogP contribution in [-0.2, 0) is 24.4 Å². The predicted octanol–water partition coefficient (Wildman–Crippen LogP) is 5.61. The molecular formula is C33H35FN4O5. The fourth-order valence-electron chi connectivity index (χ4n) is 5.78. The Balaban J connectivity index is 1.09. The number of ether oxygens (including phenoxy) is 2. The third-order valence-electron chi connectivity index (χ3n) is 8.44. The van der Waals surface area contributed by atoms with Crippen molar-refractivity contribution in [2.45, 2.75) is 64.3 Å². The number of carbonyl (C=O) groups excluding carboxylic acids is 1. The molecule has 0 amide bonds. The van der Waals surface area contributed by atoms with Crippen LogP contribution in [0.1, 0.15) is 76.3 Å². The molecule has 2 aliphatic heterocycles. The third kappa shape index (κ3) is 6.45. The Labute approximate surface area is 249 Å². The summed E-state index contributed by atoms with van der Waals surface area (Å²) in [6, 6.07) is 15.3. The molecule has 2 saturated heterocycles. The van der Waals surface area contributed by atoms with Gasteiger partial charge in [-0.2, -0.15) is 0 Å².